The number of amides is 4. The highest BCUT2D eigenvalue weighted by molar-refractivity contribution is 8.12. The number of halogens is 2. The third-order valence-corrected chi connectivity index (χ3v) is 4.50. The van der Waals surface area contributed by atoms with Gasteiger partial charge in [0.05, 0.1) is 0 Å². The van der Waals surface area contributed by atoms with Crippen molar-refractivity contribution in [1.82, 2.24) is 14.9 Å². The molecular weight excluding hydrogens is 481 g/mol. The highest BCUT2D eigenvalue weighted by Crippen LogP contribution is 2.22. The van der Waals surface area contributed by atoms with Crippen LogP contribution in [0.5, 0.6) is 0 Å². The molecule has 0 bridgehead atoms. The van der Waals surface area contributed by atoms with Crippen LogP contribution in [-0.2, 0) is 34.8 Å². The van der Waals surface area contributed by atoms with Crippen LogP contribution in [0.4, 0.5) is 14.4 Å². The van der Waals surface area contributed by atoms with Gasteiger partial charge in [0.25, 0.3) is 5.91 Å². The molecule has 1 unspecified atom stereocenters. The summed E-state index contributed by atoms with van der Waals surface area (Å²) >= 11 is 5.49. The van der Waals surface area contributed by atoms with E-state index in [1.807, 2.05) is 0 Å². The van der Waals surface area contributed by atoms with Gasteiger partial charge >= 0.3 is 27.5 Å². The first-order valence-electron chi connectivity index (χ1n) is 8.52. The van der Waals surface area contributed by atoms with Crippen molar-refractivity contribution in [3.8, 4) is 0 Å². The summed E-state index contributed by atoms with van der Waals surface area (Å²) in [5.41, 5.74) is -0.332. The Morgan fingerprint density at radius 1 is 1.19 bits per heavy atom. The number of likely N-dealkylation sites (tertiary alicyclic amines) is 1. The minimum absolute atomic E-state index is 0.0939. The van der Waals surface area contributed by atoms with Crippen LogP contribution >= 0.6 is 22.3 Å². The fourth-order valence-corrected chi connectivity index (χ4v) is 3.07. The Morgan fingerprint density at radius 2 is 1.84 bits per heavy atom. The SMILES string of the molecule is CC(Cl)OC(=O)OC[C@H]1[C@@H](NC(=O)OCc2ccccc2)C(=O)N1C(=O)NS(=O)(=O)Cl. The van der Waals surface area contributed by atoms with Crippen molar-refractivity contribution in [2.75, 3.05) is 6.61 Å². The number of alkyl halides is 1. The molecule has 0 spiro atoms. The van der Waals surface area contributed by atoms with E-state index in [4.69, 9.17) is 31.8 Å². The highest BCUT2D eigenvalue weighted by atomic mass is 35.7. The number of imide groups is 1. The molecule has 1 aliphatic rings. The molecule has 0 aromatic heterocycles. The summed E-state index contributed by atoms with van der Waals surface area (Å²) in [6, 6.07) is 4.65. The normalized spacial score (nSPS) is 18.9. The maximum atomic E-state index is 12.3. The molecule has 0 aliphatic carbocycles. The fourth-order valence-electron chi connectivity index (χ4n) is 2.49. The van der Waals surface area contributed by atoms with E-state index in [0.717, 1.165) is 0 Å². The average molecular weight is 498 g/mol. The van der Waals surface area contributed by atoms with E-state index in [2.05, 4.69) is 10.1 Å². The van der Waals surface area contributed by atoms with Crippen molar-refractivity contribution < 1.29 is 41.8 Å². The van der Waals surface area contributed by atoms with E-state index in [0.29, 0.717) is 10.5 Å². The lowest BCUT2D eigenvalue weighted by atomic mass is 9.96. The molecule has 12 nitrogen and oxygen atoms in total. The van der Waals surface area contributed by atoms with E-state index >= 15 is 0 Å². The maximum Gasteiger partial charge on any atom is 0.509 e. The summed E-state index contributed by atoms with van der Waals surface area (Å²) in [6.45, 7) is 0.616. The molecule has 31 heavy (non-hydrogen) atoms. The largest absolute Gasteiger partial charge is 0.509 e. The van der Waals surface area contributed by atoms with Gasteiger partial charge in [0.15, 0.2) is 5.56 Å². The lowest BCUT2D eigenvalue weighted by Gasteiger charge is -2.44. The lowest BCUT2D eigenvalue weighted by molar-refractivity contribution is -0.147. The number of carbonyl (C=O) groups excluding carboxylic acids is 4. The van der Waals surface area contributed by atoms with Gasteiger partial charge in [-0.1, -0.05) is 41.9 Å². The minimum atomic E-state index is -4.50. The first-order valence-corrected chi connectivity index (χ1v) is 11.3. The maximum absolute atomic E-state index is 12.3. The van der Waals surface area contributed by atoms with Crippen LogP contribution in [-0.4, -0.2) is 61.8 Å². The van der Waals surface area contributed by atoms with Crippen LogP contribution in [0.1, 0.15) is 12.5 Å². The van der Waals surface area contributed by atoms with Crippen LogP contribution in [0, 0.1) is 0 Å². The molecule has 3 atom stereocenters. The summed E-state index contributed by atoms with van der Waals surface area (Å²) in [5.74, 6) is -0.984. The second-order valence-electron chi connectivity index (χ2n) is 6.03. The summed E-state index contributed by atoms with van der Waals surface area (Å²) in [4.78, 5) is 48.3. The van der Waals surface area contributed by atoms with Crippen LogP contribution in [0.2, 0.25) is 0 Å². The van der Waals surface area contributed by atoms with Crippen molar-refractivity contribution >= 4 is 55.7 Å². The molecule has 15 heteroatoms. The van der Waals surface area contributed by atoms with Crippen molar-refractivity contribution in [3.05, 3.63) is 35.9 Å². The number of nitrogens with zero attached hydrogens (tertiary/aromatic N) is 1. The average Bonchev–Trinajstić information content (AvgIpc) is 2.66. The zero-order chi connectivity index (χ0) is 23.2. The number of β-lactam (4-membered cyclic amide) rings is 1. The van der Waals surface area contributed by atoms with Gasteiger partial charge in [-0.05, 0) is 12.5 Å². The molecule has 1 heterocycles. The second kappa shape index (κ2) is 10.5. The number of hydrogen-bond acceptors (Lipinski definition) is 9. The lowest BCUT2D eigenvalue weighted by Crippen LogP contribution is -2.74. The van der Waals surface area contributed by atoms with E-state index in [1.54, 1.807) is 30.3 Å². The quantitative estimate of drug-likeness (QED) is 0.246. The van der Waals surface area contributed by atoms with Gasteiger partial charge in [0, 0.05) is 10.7 Å². The Hall–Kier alpha value is -2.77. The topological polar surface area (TPSA) is 157 Å². The Kier molecular flexibility index (Phi) is 8.30. The molecule has 4 amide bonds. The third-order valence-electron chi connectivity index (χ3n) is 3.76. The van der Waals surface area contributed by atoms with Crippen molar-refractivity contribution in [3.63, 3.8) is 0 Å². The monoisotopic (exact) mass is 497 g/mol. The number of benzene rings is 1. The predicted molar refractivity (Wildman–Crippen MR) is 105 cm³/mol. The number of hydrogen-bond donors (Lipinski definition) is 2. The van der Waals surface area contributed by atoms with Gasteiger partial charge in [-0.2, -0.15) is 8.42 Å². The molecule has 2 rings (SSSR count). The van der Waals surface area contributed by atoms with Gasteiger partial charge in [-0.25, -0.2) is 19.1 Å². The third kappa shape index (κ3) is 7.45. The van der Waals surface area contributed by atoms with Crippen LogP contribution in [0.25, 0.3) is 0 Å². The number of ether oxygens (including phenoxy) is 3. The zero-order valence-corrected chi connectivity index (χ0v) is 18.1. The Morgan fingerprint density at radius 3 is 2.42 bits per heavy atom. The van der Waals surface area contributed by atoms with E-state index in [1.165, 1.54) is 11.6 Å². The van der Waals surface area contributed by atoms with Crippen LogP contribution < -0.4 is 10.0 Å². The van der Waals surface area contributed by atoms with Gasteiger partial charge in [0.2, 0.25) is 0 Å². The first kappa shape index (κ1) is 24.5. The Balaban J connectivity index is 2.02. The second-order valence-corrected chi connectivity index (χ2v) is 8.94. The van der Waals surface area contributed by atoms with E-state index < -0.39 is 57.7 Å². The number of rotatable bonds is 7. The molecule has 170 valence electrons. The molecule has 1 aromatic carbocycles. The summed E-state index contributed by atoms with van der Waals surface area (Å²) in [7, 11) is 0.445. The fraction of sp³-hybridized carbons (Fsp3) is 0.375. The number of alkyl carbamates (subject to hydrolysis) is 1. The van der Waals surface area contributed by atoms with Crippen LogP contribution in [0.15, 0.2) is 30.3 Å². The number of carbonyl (C=O) groups is 4. The summed E-state index contributed by atoms with van der Waals surface area (Å²) in [5, 5.41) is 2.23. The Labute approximate surface area is 186 Å². The van der Waals surface area contributed by atoms with Crippen molar-refractivity contribution in [2.24, 2.45) is 0 Å². The number of urea groups is 1. The molecule has 0 saturated carbocycles. The molecule has 0 radical (unpaired) electrons. The molecule has 2 N–H and O–H groups in total. The molecule has 1 saturated heterocycles. The standard InChI is InChI=1S/C16H17Cl2N3O9S/c1-9(17)30-16(25)29-8-11-12(13(22)21(11)14(23)20-31(18,26)27)19-15(24)28-7-10-5-3-2-4-6-10/h2-6,9,11-12H,7-8H2,1H3,(H,19,24)(H,20,23)/t9?,11-,12+/m0/s1. The van der Waals surface area contributed by atoms with Crippen LogP contribution in [0.3, 0.4) is 0 Å². The Bertz CT molecular complexity index is 943. The van der Waals surface area contributed by atoms with E-state index in [-0.39, 0.29) is 6.61 Å². The smallest absolute Gasteiger partial charge is 0.445 e. The molecular formula is C16H17Cl2N3O9S. The van der Waals surface area contributed by atoms with Gasteiger partial charge in [-0.15, -0.1) is 0 Å². The highest BCUT2D eigenvalue weighted by Gasteiger charge is 2.53. The molecule has 1 aliphatic heterocycles. The van der Waals surface area contributed by atoms with Gasteiger partial charge in [0.1, 0.15) is 25.3 Å². The molecule has 1 aromatic rings. The number of nitrogens with one attached hydrogen (secondary N) is 2. The summed E-state index contributed by atoms with van der Waals surface area (Å²) < 4.78 is 37.8. The van der Waals surface area contributed by atoms with Gasteiger partial charge in [-0.3, -0.25) is 9.69 Å². The van der Waals surface area contributed by atoms with E-state index in [9.17, 15) is 27.6 Å². The van der Waals surface area contributed by atoms with Crippen molar-refractivity contribution in [1.29, 1.82) is 0 Å². The van der Waals surface area contributed by atoms with Crippen molar-refractivity contribution in [2.45, 2.75) is 31.2 Å². The molecule has 1 fully saturated rings. The first-order chi connectivity index (χ1) is 14.5. The zero-order valence-electron chi connectivity index (χ0n) is 15.8. The minimum Gasteiger partial charge on any atom is -0.445 e. The predicted octanol–water partition coefficient (Wildman–Crippen LogP) is 1.42. The van der Waals surface area contributed by atoms with Gasteiger partial charge < -0.3 is 19.5 Å². The summed E-state index contributed by atoms with van der Waals surface area (Å²) in [6.07, 6.45) is -2.20.